The number of aliphatic hydroxyl groups excluding tert-OH is 1. The van der Waals surface area contributed by atoms with Crippen molar-refractivity contribution in [1.82, 2.24) is 0 Å². The third-order valence-corrected chi connectivity index (χ3v) is 3.58. The van der Waals surface area contributed by atoms with E-state index < -0.39 is 6.10 Å². The Hall–Kier alpha value is -0.670. The fourth-order valence-corrected chi connectivity index (χ4v) is 2.25. The van der Waals surface area contributed by atoms with Gasteiger partial charge < -0.3 is 9.84 Å². The molecule has 0 bridgehead atoms. The van der Waals surface area contributed by atoms with Gasteiger partial charge in [0, 0.05) is 10.5 Å². The molecule has 1 unspecified atom stereocenters. The van der Waals surface area contributed by atoms with E-state index in [4.69, 9.17) is 4.74 Å². The molecule has 0 aliphatic carbocycles. The highest BCUT2D eigenvalue weighted by molar-refractivity contribution is 8.00. The average Bonchev–Trinajstić information content (AvgIpc) is 2.26. The molecule has 2 nitrogen and oxygen atoms in total. The van der Waals surface area contributed by atoms with Gasteiger partial charge in [-0.25, -0.2) is 0 Å². The molecular weight excluding hydrogens is 232 g/mol. The highest BCUT2D eigenvalue weighted by atomic mass is 32.2. The van der Waals surface area contributed by atoms with Gasteiger partial charge >= 0.3 is 0 Å². The fraction of sp³-hybridized carbons (Fsp3) is 0.571. The van der Waals surface area contributed by atoms with Crippen LogP contribution < -0.4 is 4.74 Å². The molecule has 0 aliphatic rings. The van der Waals surface area contributed by atoms with Gasteiger partial charge in [0.1, 0.15) is 5.75 Å². The summed E-state index contributed by atoms with van der Waals surface area (Å²) in [6.07, 6.45) is -0.431. The first-order chi connectivity index (χ1) is 7.92. The Morgan fingerprint density at radius 2 is 2.06 bits per heavy atom. The molecule has 1 aromatic rings. The summed E-state index contributed by atoms with van der Waals surface area (Å²) in [4.78, 5) is 0. The number of ether oxygens (including phenoxy) is 1. The molecule has 0 aromatic heterocycles. The first-order valence-corrected chi connectivity index (χ1v) is 6.95. The van der Waals surface area contributed by atoms with Gasteiger partial charge in [0.05, 0.1) is 12.7 Å². The Morgan fingerprint density at radius 3 is 2.65 bits per heavy atom. The fourth-order valence-electron chi connectivity index (χ4n) is 1.40. The van der Waals surface area contributed by atoms with E-state index in [0.29, 0.717) is 12.4 Å². The first kappa shape index (κ1) is 14.4. The average molecular weight is 254 g/mol. The zero-order valence-electron chi connectivity index (χ0n) is 11.1. The summed E-state index contributed by atoms with van der Waals surface area (Å²) in [5, 5.41) is 10.1. The van der Waals surface area contributed by atoms with E-state index in [0.717, 1.165) is 11.3 Å². The van der Waals surface area contributed by atoms with Crippen molar-refractivity contribution in [2.75, 3.05) is 12.4 Å². The van der Waals surface area contributed by atoms with Crippen molar-refractivity contribution in [2.24, 2.45) is 0 Å². The van der Waals surface area contributed by atoms with Crippen LogP contribution in [0, 0.1) is 0 Å². The number of thioether (sulfide) groups is 1. The highest BCUT2D eigenvalue weighted by Gasteiger charge is 2.15. The highest BCUT2D eigenvalue weighted by Crippen LogP contribution is 2.29. The van der Waals surface area contributed by atoms with Crippen LogP contribution in [0.2, 0.25) is 0 Å². The van der Waals surface area contributed by atoms with Crippen LogP contribution in [0.3, 0.4) is 0 Å². The third-order valence-electron chi connectivity index (χ3n) is 2.23. The molecule has 0 amide bonds. The molecule has 1 aromatic carbocycles. The number of hydrogen-bond acceptors (Lipinski definition) is 3. The second-order valence-electron chi connectivity index (χ2n) is 4.94. The van der Waals surface area contributed by atoms with E-state index in [9.17, 15) is 5.11 Å². The summed E-state index contributed by atoms with van der Waals surface area (Å²) in [5.41, 5.74) is 0.924. The lowest BCUT2D eigenvalue weighted by molar-refractivity contribution is 0.203. The Bertz CT molecular complexity index is 344. The van der Waals surface area contributed by atoms with Crippen LogP contribution in [0.25, 0.3) is 0 Å². The Kier molecular flexibility index (Phi) is 5.34. The van der Waals surface area contributed by atoms with E-state index in [-0.39, 0.29) is 4.75 Å². The van der Waals surface area contributed by atoms with Crippen molar-refractivity contribution >= 4 is 11.8 Å². The van der Waals surface area contributed by atoms with Gasteiger partial charge in [-0.1, -0.05) is 32.9 Å². The minimum absolute atomic E-state index is 0.179. The molecule has 0 saturated carbocycles. The minimum atomic E-state index is -0.431. The van der Waals surface area contributed by atoms with Crippen molar-refractivity contribution in [2.45, 2.75) is 38.5 Å². The SMILES string of the molecule is CCOc1cccc(C(O)CSC(C)(C)C)c1. The summed E-state index contributed by atoms with van der Waals surface area (Å²) in [7, 11) is 0. The van der Waals surface area contributed by atoms with Gasteiger partial charge in [-0.2, -0.15) is 11.8 Å². The van der Waals surface area contributed by atoms with Crippen LogP contribution in [-0.4, -0.2) is 22.2 Å². The third kappa shape index (κ3) is 5.46. The summed E-state index contributed by atoms with van der Waals surface area (Å²) in [6, 6.07) is 7.69. The lowest BCUT2D eigenvalue weighted by atomic mass is 10.1. The normalized spacial score (nSPS) is 13.5. The first-order valence-electron chi connectivity index (χ1n) is 5.97. The maximum atomic E-state index is 10.1. The lowest BCUT2D eigenvalue weighted by Gasteiger charge is -2.20. The summed E-state index contributed by atoms with van der Waals surface area (Å²) in [5.74, 6) is 1.53. The maximum absolute atomic E-state index is 10.1. The molecule has 3 heteroatoms. The predicted molar refractivity (Wildman–Crippen MR) is 74.8 cm³/mol. The molecule has 1 N–H and O–H groups in total. The smallest absolute Gasteiger partial charge is 0.119 e. The van der Waals surface area contributed by atoms with Crippen molar-refractivity contribution in [1.29, 1.82) is 0 Å². The summed E-state index contributed by atoms with van der Waals surface area (Å²) >= 11 is 1.76. The topological polar surface area (TPSA) is 29.5 Å². The summed E-state index contributed by atoms with van der Waals surface area (Å²) < 4.78 is 5.60. The molecule has 0 fully saturated rings. The second-order valence-corrected chi connectivity index (χ2v) is 6.79. The molecule has 17 heavy (non-hydrogen) atoms. The van der Waals surface area contributed by atoms with E-state index in [1.54, 1.807) is 11.8 Å². The van der Waals surface area contributed by atoms with Gasteiger partial charge in [-0.05, 0) is 24.6 Å². The molecule has 0 aliphatic heterocycles. The Labute approximate surface area is 108 Å². The van der Waals surface area contributed by atoms with Crippen LogP contribution in [0.1, 0.15) is 39.4 Å². The monoisotopic (exact) mass is 254 g/mol. The van der Waals surface area contributed by atoms with Crippen molar-refractivity contribution in [3.8, 4) is 5.75 Å². The Morgan fingerprint density at radius 1 is 1.35 bits per heavy atom. The van der Waals surface area contributed by atoms with Crippen molar-refractivity contribution < 1.29 is 9.84 Å². The van der Waals surface area contributed by atoms with Gasteiger partial charge in [-0.15, -0.1) is 0 Å². The molecule has 0 spiro atoms. The van der Waals surface area contributed by atoms with Crippen LogP contribution in [0.4, 0.5) is 0 Å². The van der Waals surface area contributed by atoms with E-state index in [1.807, 2.05) is 31.2 Å². The van der Waals surface area contributed by atoms with E-state index in [1.165, 1.54) is 0 Å². The van der Waals surface area contributed by atoms with Crippen molar-refractivity contribution in [3.05, 3.63) is 29.8 Å². The van der Waals surface area contributed by atoms with Crippen molar-refractivity contribution in [3.63, 3.8) is 0 Å². The molecule has 0 saturated heterocycles. The predicted octanol–water partition coefficient (Wildman–Crippen LogP) is 3.65. The number of rotatable bonds is 5. The van der Waals surface area contributed by atoms with E-state index >= 15 is 0 Å². The quantitative estimate of drug-likeness (QED) is 0.869. The standard InChI is InChI=1S/C14H22O2S/c1-5-16-12-8-6-7-11(9-12)13(15)10-17-14(2,3)4/h6-9,13,15H,5,10H2,1-4H3. The number of hydrogen-bond donors (Lipinski definition) is 1. The molecule has 1 rings (SSSR count). The number of aliphatic hydroxyl groups is 1. The second kappa shape index (κ2) is 6.31. The summed E-state index contributed by atoms with van der Waals surface area (Å²) in [6.45, 7) is 9.07. The van der Waals surface area contributed by atoms with Gasteiger partial charge in [0.25, 0.3) is 0 Å². The largest absolute Gasteiger partial charge is 0.494 e. The van der Waals surface area contributed by atoms with Gasteiger partial charge in [0.15, 0.2) is 0 Å². The zero-order valence-corrected chi connectivity index (χ0v) is 11.9. The van der Waals surface area contributed by atoms with Crippen LogP contribution in [-0.2, 0) is 0 Å². The molecular formula is C14H22O2S. The molecule has 96 valence electrons. The van der Waals surface area contributed by atoms with E-state index in [2.05, 4.69) is 20.8 Å². The zero-order chi connectivity index (χ0) is 12.9. The van der Waals surface area contributed by atoms with Crippen LogP contribution >= 0.6 is 11.8 Å². The molecule has 0 radical (unpaired) electrons. The molecule has 1 atom stereocenters. The van der Waals surface area contributed by atoms with Gasteiger partial charge in [0.2, 0.25) is 0 Å². The Balaban J connectivity index is 2.62. The minimum Gasteiger partial charge on any atom is -0.494 e. The van der Waals surface area contributed by atoms with Crippen LogP contribution in [0.15, 0.2) is 24.3 Å². The molecule has 0 heterocycles. The lowest BCUT2D eigenvalue weighted by Crippen LogP contribution is -2.12. The maximum Gasteiger partial charge on any atom is 0.119 e. The number of benzene rings is 1. The van der Waals surface area contributed by atoms with Crippen LogP contribution in [0.5, 0.6) is 5.75 Å². The van der Waals surface area contributed by atoms with Gasteiger partial charge in [-0.3, -0.25) is 0 Å².